The third kappa shape index (κ3) is 4.50. The molecule has 7 nitrogen and oxygen atoms in total. The zero-order valence-electron chi connectivity index (χ0n) is 18.1. The van der Waals surface area contributed by atoms with Crippen LogP contribution in [0.4, 0.5) is 0 Å². The molecule has 0 spiro atoms. The number of halogens is 2. The first-order valence-corrected chi connectivity index (χ1v) is 14.2. The predicted octanol–water partition coefficient (Wildman–Crippen LogP) is 4.92. The maximum Gasteiger partial charge on any atom is 0.282 e. The van der Waals surface area contributed by atoms with Crippen molar-refractivity contribution in [2.75, 3.05) is 0 Å². The first-order valence-electron chi connectivity index (χ1n) is 10.6. The lowest BCUT2D eigenvalue weighted by Gasteiger charge is -2.34. The molecule has 1 aromatic heterocycles. The maximum atomic E-state index is 13.7. The molecule has 0 fully saturated rings. The number of hydrogen-bond donors (Lipinski definition) is 0. The van der Waals surface area contributed by atoms with E-state index in [2.05, 4.69) is 5.10 Å². The van der Waals surface area contributed by atoms with E-state index in [-0.39, 0.29) is 22.8 Å². The van der Waals surface area contributed by atoms with Crippen LogP contribution in [0.25, 0.3) is 0 Å². The van der Waals surface area contributed by atoms with E-state index in [9.17, 15) is 16.8 Å². The van der Waals surface area contributed by atoms with Crippen LogP contribution in [-0.2, 0) is 33.0 Å². The highest BCUT2D eigenvalue weighted by atomic mass is 35.5. The van der Waals surface area contributed by atoms with Crippen LogP contribution in [0.15, 0.2) is 94.9 Å². The molecule has 0 amide bonds. The fraction of sp³-hybridized carbons (Fsp3) is 0.125. The quantitative estimate of drug-likeness (QED) is 0.354. The van der Waals surface area contributed by atoms with Gasteiger partial charge in [0.2, 0.25) is 10.0 Å². The van der Waals surface area contributed by atoms with Crippen LogP contribution in [0.1, 0.15) is 22.9 Å². The maximum absolute atomic E-state index is 13.7. The summed E-state index contributed by atoms with van der Waals surface area (Å²) in [5.41, 5.74) is 1.83. The van der Waals surface area contributed by atoms with Gasteiger partial charge in [-0.25, -0.2) is 8.42 Å². The Hall–Kier alpha value is -2.69. The second-order valence-electron chi connectivity index (χ2n) is 8.07. The van der Waals surface area contributed by atoms with Crippen molar-refractivity contribution in [3.05, 3.63) is 112 Å². The average Bonchev–Trinajstić information content (AvgIpc) is 3.29. The fourth-order valence-corrected chi connectivity index (χ4v) is 7.09. The Balaban J connectivity index is 1.59. The molecule has 1 atom stereocenters. The van der Waals surface area contributed by atoms with Gasteiger partial charge in [0, 0.05) is 34.8 Å². The summed E-state index contributed by atoms with van der Waals surface area (Å²) in [5.74, 6) is 0. The van der Waals surface area contributed by atoms with E-state index in [1.165, 1.54) is 59.0 Å². The molecule has 35 heavy (non-hydrogen) atoms. The summed E-state index contributed by atoms with van der Waals surface area (Å²) in [6.45, 7) is -0.0318. The van der Waals surface area contributed by atoms with Gasteiger partial charge in [-0.1, -0.05) is 53.5 Å². The summed E-state index contributed by atoms with van der Waals surface area (Å²) in [6, 6.07) is 20.4. The summed E-state index contributed by atoms with van der Waals surface area (Å²) < 4.78 is 56.0. The average molecular weight is 548 g/mol. The van der Waals surface area contributed by atoms with Crippen LogP contribution >= 0.6 is 23.2 Å². The van der Waals surface area contributed by atoms with Crippen molar-refractivity contribution in [2.24, 2.45) is 0 Å². The highest BCUT2D eigenvalue weighted by Gasteiger charge is 2.38. The van der Waals surface area contributed by atoms with Crippen molar-refractivity contribution in [2.45, 2.75) is 28.8 Å². The smallest absolute Gasteiger partial charge is 0.207 e. The summed E-state index contributed by atoms with van der Waals surface area (Å²) in [6.07, 6.45) is 1.60. The predicted molar refractivity (Wildman–Crippen MR) is 133 cm³/mol. The molecule has 0 saturated carbocycles. The summed E-state index contributed by atoms with van der Waals surface area (Å²) >= 11 is 11.9. The van der Waals surface area contributed by atoms with Gasteiger partial charge >= 0.3 is 0 Å². The van der Waals surface area contributed by atoms with E-state index in [0.29, 0.717) is 21.3 Å². The van der Waals surface area contributed by atoms with Crippen LogP contribution in [0, 0.1) is 0 Å². The van der Waals surface area contributed by atoms with Gasteiger partial charge in [-0.15, -0.1) is 0 Å². The number of hydrogen-bond acceptors (Lipinski definition) is 5. The molecule has 0 saturated heterocycles. The van der Waals surface area contributed by atoms with Gasteiger partial charge in [-0.05, 0) is 54.1 Å². The molecule has 11 heteroatoms. The second-order valence-corrected chi connectivity index (χ2v) is 12.6. The Kier molecular flexibility index (Phi) is 6.23. The van der Waals surface area contributed by atoms with Gasteiger partial charge in [-0.2, -0.15) is 21.9 Å². The van der Waals surface area contributed by atoms with Crippen LogP contribution in [0.5, 0.6) is 0 Å². The molecule has 180 valence electrons. The Labute approximate surface area is 213 Å². The molecule has 0 N–H and O–H groups in total. The van der Waals surface area contributed by atoms with E-state index in [1.54, 1.807) is 0 Å². The Morgan fingerprint density at radius 3 is 1.86 bits per heavy atom. The molecule has 3 aromatic carbocycles. The van der Waals surface area contributed by atoms with Crippen LogP contribution in [-0.4, -0.2) is 30.3 Å². The fourth-order valence-electron chi connectivity index (χ4n) is 4.08. The first kappa shape index (κ1) is 24.0. The van der Waals surface area contributed by atoms with E-state index >= 15 is 0 Å². The zero-order valence-corrected chi connectivity index (χ0v) is 21.3. The number of aromatic nitrogens is 2. The number of nitrogens with zero attached hydrogens (tertiary/aromatic N) is 3. The number of benzene rings is 3. The largest absolute Gasteiger partial charge is 0.282 e. The molecule has 0 aliphatic carbocycles. The van der Waals surface area contributed by atoms with E-state index in [0.717, 1.165) is 9.65 Å². The molecule has 5 rings (SSSR count). The van der Waals surface area contributed by atoms with Gasteiger partial charge < -0.3 is 0 Å². The minimum Gasteiger partial charge on any atom is -0.207 e. The molecule has 1 aliphatic heterocycles. The van der Waals surface area contributed by atoms with Crippen molar-refractivity contribution >= 4 is 43.2 Å². The Bertz CT molecular complexity index is 1590. The van der Waals surface area contributed by atoms with Gasteiger partial charge in [-0.3, -0.25) is 0 Å². The summed E-state index contributed by atoms with van der Waals surface area (Å²) in [4.78, 5) is 0.138. The lowest BCUT2D eigenvalue weighted by atomic mass is 9.97. The highest BCUT2D eigenvalue weighted by Crippen LogP contribution is 2.37. The van der Waals surface area contributed by atoms with Gasteiger partial charge in [0.15, 0.2) is 0 Å². The van der Waals surface area contributed by atoms with E-state index in [1.807, 2.05) is 30.3 Å². The van der Waals surface area contributed by atoms with Gasteiger partial charge in [0.1, 0.15) is 0 Å². The lowest BCUT2D eigenvalue weighted by Crippen LogP contribution is -2.38. The monoisotopic (exact) mass is 547 g/mol. The molecule has 0 bridgehead atoms. The Morgan fingerprint density at radius 2 is 1.29 bits per heavy atom. The van der Waals surface area contributed by atoms with Crippen molar-refractivity contribution in [3.8, 4) is 0 Å². The van der Waals surface area contributed by atoms with Crippen molar-refractivity contribution in [1.29, 1.82) is 0 Å². The van der Waals surface area contributed by atoms with Crippen LogP contribution in [0.2, 0.25) is 10.0 Å². The molecule has 2 heterocycles. The number of fused-ring (bicyclic) bond motifs is 1. The zero-order chi connectivity index (χ0) is 24.8. The minimum atomic E-state index is -3.98. The van der Waals surface area contributed by atoms with Crippen LogP contribution in [0.3, 0.4) is 0 Å². The summed E-state index contributed by atoms with van der Waals surface area (Å²) in [7, 11) is -7.91. The highest BCUT2D eigenvalue weighted by molar-refractivity contribution is 7.90. The third-order valence-electron chi connectivity index (χ3n) is 5.88. The SMILES string of the molecule is O=S(=O)(c1ccc(Cl)cc1)N1Cc2cn(S(=O)(=O)c3ccc(Cl)cc3)nc2CC1c1ccccc1. The minimum absolute atomic E-state index is 0.0318. The lowest BCUT2D eigenvalue weighted by molar-refractivity contribution is 0.294. The molecule has 1 aliphatic rings. The molecular formula is C24H19Cl2N3O4S2. The van der Waals surface area contributed by atoms with Crippen molar-refractivity contribution in [1.82, 2.24) is 13.5 Å². The molecule has 1 unspecified atom stereocenters. The topological polar surface area (TPSA) is 89.3 Å². The second kappa shape index (κ2) is 9.07. The molecule has 4 aromatic rings. The Morgan fingerprint density at radius 1 is 0.743 bits per heavy atom. The first-order chi connectivity index (χ1) is 16.7. The number of rotatable bonds is 5. The standard InChI is InChI=1S/C24H19Cl2N3O4S2/c25-19-6-10-21(11-7-19)34(30,31)28-15-18-16-29(35(32,33)22-12-8-20(26)9-13-22)27-23(18)14-24(28)17-4-2-1-3-5-17/h1-13,16,24H,14-15H2. The normalized spacial score (nSPS) is 16.7. The van der Waals surface area contributed by atoms with Gasteiger partial charge in [0.25, 0.3) is 10.0 Å². The van der Waals surface area contributed by atoms with E-state index in [4.69, 9.17) is 23.2 Å². The van der Waals surface area contributed by atoms with E-state index < -0.39 is 26.1 Å². The van der Waals surface area contributed by atoms with Crippen LogP contribution < -0.4 is 0 Å². The number of sulfonamides is 1. The molecule has 0 radical (unpaired) electrons. The van der Waals surface area contributed by atoms with Crippen molar-refractivity contribution in [3.63, 3.8) is 0 Å². The molecular weight excluding hydrogens is 529 g/mol. The summed E-state index contributed by atoms with van der Waals surface area (Å²) in [5, 5.41) is 5.20. The van der Waals surface area contributed by atoms with Crippen molar-refractivity contribution < 1.29 is 16.8 Å². The van der Waals surface area contributed by atoms with Gasteiger partial charge in [0.05, 0.1) is 21.5 Å². The third-order valence-corrected chi connectivity index (χ3v) is 9.80.